The van der Waals surface area contributed by atoms with Crippen LogP contribution in [0.4, 0.5) is 0 Å². The van der Waals surface area contributed by atoms with Crippen LogP contribution >= 0.6 is 0 Å². The molecule has 2 N–H and O–H groups in total. The summed E-state index contributed by atoms with van der Waals surface area (Å²) < 4.78 is 0. The molecule has 0 amide bonds. The van der Waals surface area contributed by atoms with Crippen LogP contribution in [0.3, 0.4) is 0 Å². The molecule has 1 aliphatic heterocycles. The van der Waals surface area contributed by atoms with Crippen molar-refractivity contribution >= 4 is 0 Å². The zero-order valence-electron chi connectivity index (χ0n) is 11.9. The maximum absolute atomic E-state index is 6.44. The van der Waals surface area contributed by atoms with Crippen molar-refractivity contribution in [2.75, 3.05) is 27.2 Å². The predicted molar refractivity (Wildman–Crippen MR) is 73.1 cm³/mol. The molecule has 2 unspecified atom stereocenters. The first-order valence-electron chi connectivity index (χ1n) is 7.08. The van der Waals surface area contributed by atoms with E-state index in [2.05, 4.69) is 37.7 Å². The van der Waals surface area contributed by atoms with E-state index in [1.54, 1.807) is 0 Å². The zero-order chi connectivity index (χ0) is 12.6. The molecule has 3 nitrogen and oxygen atoms in total. The number of hydrogen-bond acceptors (Lipinski definition) is 3. The predicted octanol–water partition coefficient (Wildman–Crippen LogP) is 1.53. The van der Waals surface area contributed by atoms with Crippen molar-refractivity contribution in [3.8, 4) is 0 Å². The number of nitrogens with two attached hydrogens (primary N) is 1. The van der Waals surface area contributed by atoms with Gasteiger partial charge in [0, 0.05) is 18.1 Å². The Labute approximate surface area is 106 Å². The van der Waals surface area contributed by atoms with Crippen molar-refractivity contribution in [2.24, 2.45) is 11.1 Å². The van der Waals surface area contributed by atoms with Gasteiger partial charge in [-0.2, -0.15) is 0 Å². The van der Waals surface area contributed by atoms with Crippen LogP contribution in [0.25, 0.3) is 0 Å². The second kappa shape index (κ2) is 4.87. The van der Waals surface area contributed by atoms with Crippen molar-refractivity contribution < 1.29 is 0 Å². The number of likely N-dealkylation sites (tertiary alicyclic amines) is 1. The highest BCUT2D eigenvalue weighted by molar-refractivity contribution is 5.00. The summed E-state index contributed by atoms with van der Waals surface area (Å²) in [6.45, 7) is 7.11. The Hall–Kier alpha value is -0.120. The van der Waals surface area contributed by atoms with Gasteiger partial charge >= 0.3 is 0 Å². The Kier molecular flexibility index (Phi) is 3.81. The van der Waals surface area contributed by atoms with Crippen LogP contribution in [0.15, 0.2) is 0 Å². The lowest BCUT2D eigenvalue weighted by atomic mass is 9.86. The molecular weight excluding hydrogens is 210 g/mol. The van der Waals surface area contributed by atoms with Gasteiger partial charge < -0.3 is 10.6 Å². The molecular formula is C14H29N3. The first-order chi connectivity index (χ1) is 7.92. The van der Waals surface area contributed by atoms with Crippen LogP contribution in [0.2, 0.25) is 0 Å². The van der Waals surface area contributed by atoms with Gasteiger partial charge in [-0.15, -0.1) is 0 Å². The van der Waals surface area contributed by atoms with E-state index < -0.39 is 0 Å². The summed E-state index contributed by atoms with van der Waals surface area (Å²) in [6.07, 6.45) is 5.15. The molecule has 0 aromatic rings. The summed E-state index contributed by atoms with van der Waals surface area (Å²) in [7, 11) is 4.52. The highest BCUT2D eigenvalue weighted by Gasteiger charge is 2.42. The third-order valence-corrected chi connectivity index (χ3v) is 5.19. The lowest BCUT2D eigenvalue weighted by Crippen LogP contribution is -2.53. The molecule has 2 atom stereocenters. The van der Waals surface area contributed by atoms with E-state index in [9.17, 15) is 0 Å². The molecule has 100 valence electrons. The first-order valence-corrected chi connectivity index (χ1v) is 7.08. The summed E-state index contributed by atoms with van der Waals surface area (Å²) in [5.74, 6) is 0. The van der Waals surface area contributed by atoms with Crippen molar-refractivity contribution in [1.82, 2.24) is 9.80 Å². The lowest BCUT2D eigenvalue weighted by Gasteiger charge is -2.41. The molecule has 0 aromatic carbocycles. The van der Waals surface area contributed by atoms with E-state index in [4.69, 9.17) is 5.73 Å². The molecule has 17 heavy (non-hydrogen) atoms. The van der Waals surface area contributed by atoms with Gasteiger partial charge in [-0.05, 0) is 58.3 Å². The van der Waals surface area contributed by atoms with Gasteiger partial charge in [-0.25, -0.2) is 0 Å². The Morgan fingerprint density at radius 1 is 1.18 bits per heavy atom. The van der Waals surface area contributed by atoms with Gasteiger partial charge in [0.25, 0.3) is 0 Å². The van der Waals surface area contributed by atoms with Crippen LogP contribution in [0.5, 0.6) is 0 Å². The second-order valence-corrected chi connectivity index (χ2v) is 6.82. The van der Waals surface area contributed by atoms with Crippen molar-refractivity contribution in [2.45, 2.75) is 57.7 Å². The number of piperidine rings is 1. The lowest BCUT2D eigenvalue weighted by molar-refractivity contribution is 0.0943. The molecule has 3 heteroatoms. The van der Waals surface area contributed by atoms with Gasteiger partial charge in [0.05, 0.1) is 0 Å². The minimum Gasteiger partial charge on any atom is -0.326 e. The Balaban J connectivity index is 1.94. The topological polar surface area (TPSA) is 32.5 Å². The minimum atomic E-state index is 0.324. The third kappa shape index (κ3) is 2.67. The Morgan fingerprint density at radius 2 is 1.76 bits per heavy atom. The highest BCUT2D eigenvalue weighted by Crippen LogP contribution is 2.39. The largest absolute Gasteiger partial charge is 0.326 e. The quantitative estimate of drug-likeness (QED) is 0.793. The first kappa shape index (κ1) is 13.3. The van der Waals surface area contributed by atoms with E-state index in [0.29, 0.717) is 17.5 Å². The van der Waals surface area contributed by atoms with Crippen molar-refractivity contribution in [1.29, 1.82) is 0 Å². The molecule has 0 aromatic heterocycles. The van der Waals surface area contributed by atoms with Crippen LogP contribution in [-0.4, -0.2) is 55.1 Å². The van der Waals surface area contributed by atoms with E-state index in [1.807, 2.05) is 0 Å². The molecule has 1 aliphatic carbocycles. The van der Waals surface area contributed by atoms with E-state index in [-0.39, 0.29) is 0 Å². The summed E-state index contributed by atoms with van der Waals surface area (Å²) in [6, 6.07) is 1.68. The second-order valence-electron chi connectivity index (χ2n) is 6.82. The molecule has 0 spiro atoms. The third-order valence-electron chi connectivity index (χ3n) is 5.19. The van der Waals surface area contributed by atoms with Crippen LogP contribution in [0.1, 0.15) is 39.5 Å². The standard InChI is InChI=1S/C14H29N3/c1-14(2)8-5-12(13(14)15)17(4)11-6-9-16(3)10-7-11/h11-13H,5-10,15H2,1-4H3. The molecule has 2 fully saturated rings. The van der Waals surface area contributed by atoms with Gasteiger partial charge in [0.15, 0.2) is 0 Å². The van der Waals surface area contributed by atoms with Crippen LogP contribution in [-0.2, 0) is 0 Å². The van der Waals surface area contributed by atoms with Gasteiger partial charge in [-0.3, -0.25) is 4.90 Å². The molecule has 1 heterocycles. The fourth-order valence-corrected chi connectivity index (χ4v) is 3.52. The number of rotatable bonds is 2. The van der Waals surface area contributed by atoms with Crippen molar-refractivity contribution in [3.05, 3.63) is 0 Å². The van der Waals surface area contributed by atoms with E-state index >= 15 is 0 Å². The van der Waals surface area contributed by atoms with Gasteiger partial charge in [-0.1, -0.05) is 13.8 Å². The zero-order valence-corrected chi connectivity index (χ0v) is 11.9. The van der Waals surface area contributed by atoms with Crippen LogP contribution < -0.4 is 5.73 Å². The van der Waals surface area contributed by atoms with Gasteiger partial charge in [0.1, 0.15) is 0 Å². The van der Waals surface area contributed by atoms with Crippen LogP contribution in [0, 0.1) is 5.41 Å². The summed E-state index contributed by atoms with van der Waals surface area (Å²) in [4.78, 5) is 5.02. The molecule has 0 radical (unpaired) electrons. The van der Waals surface area contributed by atoms with E-state index in [0.717, 1.165) is 6.04 Å². The van der Waals surface area contributed by atoms with Gasteiger partial charge in [0.2, 0.25) is 0 Å². The molecule has 0 bridgehead atoms. The Morgan fingerprint density at radius 3 is 2.24 bits per heavy atom. The summed E-state index contributed by atoms with van der Waals surface area (Å²) >= 11 is 0. The molecule has 2 aliphatic rings. The van der Waals surface area contributed by atoms with E-state index in [1.165, 1.54) is 38.8 Å². The SMILES string of the molecule is CN1CCC(N(C)C2CCC(C)(C)C2N)CC1. The van der Waals surface area contributed by atoms with Crippen molar-refractivity contribution in [3.63, 3.8) is 0 Å². The normalized spacial score (nSPS) is 35.6. The number of nitrogens with zero attached hydrogens (tertiary/aromatic N) is 2. The Bertz CT molecular complexity index is 256. The molecule has 1 saturated carbocycles. The summed E-state index contributed by atoms with van der Waals surface area (Å²) in [5, 5.41) is 0. The number of hydrogen-bond donors (Lipinski definition) is 1. The average molecular weight is 239 g/mol. The smallest absolute Gasteiger partial charge is 0.0252 e. The molecule has 2 rings (SSSR count). The number of likely N-dealkylation sites (N-methyl/N-ethyl adjacent to an activating group) is 1. The monoisotopic (exact) mass is 239 g/mol. The minimum absolute atomic E-state index is 0.324. The fourth-order valence-electron chi connectivity index (χ4n) is 3.52. The average Bonchev–Trinajstić information content (AvgIpc) is 2.55. The fraction of sp³-hybridized carbons (Fsp3) is 1.00. The summed E-state index contributed by atoms with van der Waals surface area (Å²) in [5.41, 5.74) is 6.76. The maximum Gasteiger partial charge on any atom is 0.0252 e. The highest BCUT2D eigenvalue weighted by atomic mass is 15.2. The molecule has 1 saturated heterocycles. The maximum atomic E-state index is 6.44.